The third kappa shape index (κ3) is 5.18. The highest BCUT2D eigenvalue weighted by Gasteiger charge is 2.39. The van der Waals surface area contributed by atoms with Crippen molar-refractivity contribution in [3.05, 3.63) is 59.9 Å². The van der Waals surface area contributed by atoms with Gasteiger partial charge in [-0.3, -0.25) is 9.78 Å². The van der Waals surface area contributed by atoms with E-state index in [9.17, 15) is 13.2 Å². The molecule has 9 nitrogen and oxygen atoms in total. The summed E-state index contributed by atoms with van der Waals surface area (Å²) in [5, 5.41) is -0.324. The van der Waals surface area contributed by atoms with Crippen molar-refractivity contribution in [3.8, 4) is 11.3 Å². The second kappa shape index (κ2) is 9.50. The molecule has 1 atom stereocenters. The minimum absolute atomic E-state index is 0.0444. The molecule has 3 aromatic heterocycles. The van der Waals surface area contributed by atoms with Crippen molar-refractivity contribution in [2.45, 2.75) is 57.5 Å². The van der Waals surface area contributed by atoms with Crippen LogP contribution >= 0.6 is 0 Å². The minimum atomic E-state index is -4.23. The van der Waals surface area contributed by atoms with Gasteiger partial charge >= 0.3 is 0 Å². The van der Waals surface area contributed by atoms with E-state index < -0.39 is 15.9 Å². The van der Waals surface area contributed by atoms with E-state index in [0.29, 0.717) is 24.0 Å². The summed E-state index contributed by atoms with van der Waals surface area (Å²) in [7, 11) is -4.23. The van der Waals surface area contributed by atoms with E-state index in [4.69, 9.17) is 10.7 Å². The van der Waals surface area contributed by atoms with Crippen molar-refractivity contribution >= 4 is 27.6 Å². The number of aromatic nitrogens is 3. The fraction of sp³-hybridized carbons (Fsp3) is 0.385. The van der Waals surface area contributed by atoms with Gasteiger partial charge in [-0.25, -0.2) is 14.7 Å². The SMILES string of the molecule is CC1CN(c2nc(-c3ccnc(C(C)C)c3)ccc2C(=O)NS(=O)(=O)c2cccc(N)n2)C(C)(C)C1. The smallest absolute Gasteiger partial charge is 0.281 e. The topological polar surface area (TPSA) is 131 Å². The summed E-state index contributed by atoms with van der Waals surface area (Å²) in [5.74, 6) is 0.343. The van der Waals surface area contributed by atoms with Crippen LogP contribution in [0.25, 0.3) is 11.3 Å². The maximum Gasteiger partial charge on any atom is 0.281 e. The Hall–Kier alpha value is -3.53. The van der Waals surface area contributed by atoms with Crippen LogP contribution in [0.15, 0.2) is 53.7 Å². The van der Waals surface area contributed by atoms with Gasteiger partial charge in [0.25, 0.3) is 15.9 Å². The predicted molar refractivity (Wildman–Crippen MR) is 140 cm³/mol. The van der Waals surface area contributed by atoms with E-state index in [2.05, 4.69) is 54.2 Å². The number of pyridine rings is 3. The molecule has 0 saturated carbocycles. The molecule has 4 rings (SSSR count). The quantitative estimate of drug-likeness (QED) is 0.511. The summed E-state index contributed by atoms with van der Waals surface area (Å²) < 4.78 is 27.9. The molecule has 1 saturated heterocycles. The molecule has 10 heteroatoms. The number of nitrogens with two attached hydrogens (primary N) is 1. The van der Waals surface area contributed by atoms with Gasteiger partial charge in [-0.2, -0.15) is 8.42 Å². The number of hydrogen-bond donors (Lipinski definition) is 2. The van der Waals surface area contributed by atoms with E-state index >= 15 is 0 Å². The van der Waals surface area contributed by atoms with Crippen LogP contribution in [0.3, 0.4) is 0 Å². The van der Waals surface area contributed by atoms with Gasteiger partial charge in [0.2, 0.25) is 0 Å². The number of nitrogens with zero attached hydrogens (tertiary/aromatic N) is 4. The van der Waals surface area contributed by atoms with E-state index in [1.54, 1.807) is 18.3 Å². The first-order valence-electron chi connectivity index (χ1n) is 11.9. The zero-order valence-corrected chi connectivity index (χ0v) is 22.0. The molecule has 1 amide bonds. The summed E-state index contributed by atoms with van der Waals surface area (Å²) in [4.78, 5) is 28.6. The molecule has 0 bridgehead atoms. The zero-order chi connectivity index (χ0) is 26.3. The van der Waals surface area contributed by atoms with E-state index in [-0.39, 0.29) is 27.9 Å². The first-order valence-corrected chi connectivity index (χ1v) is 13.4. The van der Waals surface area contributed by atoms with Gasteiger partial charge in [-0.05, 0) is 68.5 Å². The van der Waals surface area contributed by atoms with Gasteiger partial charge < -0.3 is 10.6 Å². The standard InChI is InChI=1S/C26H32N6O3S/c1-16(2)21-13-18(11-12-28-21)20-10-9-19(24(29-20)32-15-17(3)14-26(32,4)5)25(33)31-36(34,35)23-8-6-7-22(27)30-23/h6-13,16-17H,14-15H2,1-5H3,(H2,27,30)(H,31,33). The molecule has 1 unspecified atom stereocenters. The molecular formula is C26H32N6O3S. The Balaban J connectivity index is 1.78. The number of rotatable bonds is 6. The van der Waals surface area contributed by atoms with Crippen molar-refractivity contribution in [3.63, 3.8) is 0 Å². The molecule has 36 heavy (non-hydrogen) atoms. The van der Waals surface area contributed by atoms with Crippen molar-refractivity contribution < 1.29 is 13.2 Å². The van der Waals surface area contributed by atoms with Gasteiger partial charge in [-0.1, -0.05) is 26.8 Å². The molecule has 190 valence electrons. The van der Waals surface area contributed by atoms with E-state index in [1.807, 2.05) is 12.1 Å². The largest absolute Gasteiger partial charge is 0.384 e. The summed E-state index contributed by atoms with van der Waals surface area (Å²) in [5.41, 5.74) is 8.04. The number of carbonyl (C=O) groups excluding carboxylic acids is 1. The fourth-order valence-corrected chi connectivity index (χ4v) is 5.63. The van der Waals surface area contributed by atoms with Crippen LogP contribution in [0.1, 0.15) is 63.0 Å². The van der Waals surface area contributed by atoms with E-state index in [1.165, 1.54) is 18.2 Å². The number of amides is 1. The minimum Gasteiger partial charge on any atom is -0.384 e. The lowest BCUT2D eigenvalue weighted by molar-refractivity contribution is 0.0981. The normalized spacial score (nSPS) is 17.4. The lowest BCUT2D eigenvalue weighted by Crippen LogP contribution is -2.41. The Kier molecular flexibility index (Phi) is 6.74. The molecule has 3 N–H and O–H groups in total. The summed E-state index contributed by atoms with van der Waals surface area (Å²) in [6.45, 7) is 11.2. The predicted octanol–water partition coefficient (Wildman–Crippen LogP) is 3.99. The highest BCUT2D eigenvalue weighted by molar-refractivity contribution is 7.90. The monoisotopic (exact) mass is 508 g/mol. The van der Waals surface area contributed by atoms with Crippen LogP contribution in [0.4, 0.5) is 11.6 Å². The Morgan fingerprint density at radius 3 is 2.56 bits per heavy atom. The second-order valence-corrected chi connectivity index (χ2v) is 11.9. The third-order valence-electron chi connectivity index (χ3n) is 6.36. The van der Waals surface area contributed by atoms with Gasteiger partial charge in [0.1, 0.15) is 11.6 Å². The van der Waals surface area contributed by atoms with Gasteiger partial charge in [-0.15, -0.1) is 0 Å². The van der Waals surface area contributed by atoms with Gasteiger partial charge in [0.15, 0.2) is 5.03 Å². The average molecular weight is 509 g/mol. The number of hydrogen-bond acceptors (Lipinski definition) is 8. The van der Waals surface area contributed by atoms with Gasteiger partial charge in [0.05, 0.1) is 11.3 Å². The van der Waals surface area contributed by atoms with Crippen LogP contribution in [-0.2, 0) is 10.0 Å². The molecule has 3 aromatic rings. The summed E-state index contributed by atoms with van der Waals surface area (Å²) in [6, 6.07) is 11.5. The zero-order valence-electron chi connectivity index (χ0n) is 21.2. The number of sulfonamides is 1. The lowest BCUT2D eigenvalue weighted by Gasteiger charge is -2.34. The molecule has 1 aliphatic heterocycles. The van der Waals surface area contributed by atoms with Crippen LogP contribution in [0, 0.1) is 5.92 Å². The van der Waals surface area contributed by atoms with E-state index in [0.717, 1.165) is 17.7 Å². The molecule has 4 heterocycles. The van der Waals surface area contributed by atoms with Crippen LogP contribution in [0.2, 0.25) is 0 Å². The Labute approximate surface area is 212 Å². The van der Waals surface area contributed by atoms with Crippen molar-refractivity contribution in [1.82, 2.24) is 19.7 Å². The van der Waals surface area contributed by atoms with Gasteiger partial charge in [0, 0.05) is 29.5 Å². The number of nitrogens with one attached hydrogen (secondary N) is 1. The van der Waals surface area contributed by atoms with Crippen LogP contribution in [-0.4, -0.2) is 41.4 Å². The highest BCUT2D eigenvalue weighted by atomic mass is 32.2. The molecule has 0 aromatic carbocycles. The van der Waals surface area contributed by atoms with Crippen molar-refractivity contribution in [1.29, 1.82) is 0 Å². The van der Waals surface area contributed by atoms with Crippen molar-refractivity contribution in [2.24, 2.45) is 5.92 Å². The Morgan fingerprint density at radius 1 is 1.17 bits per heavy atom. The third-order valence-corrected chi connectivity index (χ3v) is 7.60. The second-order valence-electron chi connectivity index (χ2n) is 10.3. The van der Waals surface area contributed by atoms with Crippen LogP contribution < -0.4 is 15.4 Å². The molecule has 1 aliphatic rings. The molecule has 1 fully saturated rings. The fourth-order valence-electron chi connectivity index (χ4n) is 4.68. The summed E-state index contributed by atoms with van der Waals surface area (Å²) in [6.07, 6.45) is 2.66. The molecule has 0 spiro atoms. The number of carbonyl (C=O) groups is 1. The molecule has 0 radical (unpaired) electrons. The maximum absolute atomic E-state index is 13.4. The average Bonchev–Trinajstić information content (AvgIpc) is 3.10. The number of anilines is 2. The first kappa shape index (κ1) is 25.6. The molecular weight excluding hydrogens is 476 g/mol. The lowest BCUT2D eigenvalue weighted by atomic mass is 9.97. The summed E-state index contributed by atoms with van der Waals surface area (Å²) >= 11 is 0. The Morgan fingerprint density at radius 2 is 1.92 bits per heavy atom. The molecule has 0 aliphatic carbocycles. The van der Waals surface area contributed by atoms with Crippen LogP contribution in [0.5, 0.6) is 0 Å². The Bertz CT molecular complexity index is 1400. The highest BCUT2D eigenvalue weighted by Crippen LogP contribution is 2.38. The maximum atomic E-state index is 13.4. The number of nitrogen functional groups attached to an aromatic ring is 1. The van der Waals surface area contributed by atoms with Crippen molar-refractivity contribution in [2.75, 3.05) is 17.2 Å². The first-order chi connectivity index (χ1) is 16.9.